The van der Waals surface area contributed by atoms with Crippen LogP contribution in [0.2, 0.25) is 5.02 Å². The molecular weight excluding hydrogens is 324 g/mol. The summed E-state index contributed by atoms with van der Waals surface area (Å²) in [5.41, 5.74) is 2.52. The SMILES string of the molecule is O=C(NCc1cccc(Cl)c1)c1cccc(CN2CCCC2=O)c1. The molecule has 0 saturated carbocycles. The maximum absolute atomic E-state index is 12.3. The maximum atomic E-state index is 12.3. The highest BCUT2D eigenvalue weighted by atomic mass is 35.5. The van der Waals surface area contributed by atoms with Gasteiger partial charge in [-0.2, -0.15) is 0 Å². The molecule has 1 N–H and O–H groups in total. The van der Waals surface area contributed by atoms with Crippen molar-refractivity contribution in [1.29, 1.82) is 0 Å². The highest BCUT2D eigenvalue weighted by Gasteiger charge is 2.20. The molecule has 1 heterocycles. The minimum absolute atomic E-state index is 0.135. The van der Waals surface area contributed by atoms with Gasteiger partial charge in [-0.3, -0.25) is 9.59 Å². The summed E-state index contributed by atoms with van der Waals surface area (Å²) >= 11 is 5.95. The van der Waals surface area contributed by atoms with Gasteiger partial charge in [-0.05, 0) is 41.8 Å². The predicted molar refractivity (Wildman–Crippen MR) is 93.7 cm³/mol. The van der Waals surface area contributed by atoms with E-state index in [9.17, 15) is 9.59 Å². The van der Waals surface area contributed by atoms with E-state index in [4.69, 9.17) is 11.6 Å². The summed E-state index contributed by atoms with van der Waals surface area (Å²) in [5.74, 6) is 0.0513. The van der Waals surface area contributed by atoms with Gasteiger partial charge in [0.1, 0.15) is 0 Å². The number of carbonyl (C=O) groups is 2. The van der Waals surface area contributed by atoms with Gasteiger partial charge in [0, 0.05) is 36.6 Å². The molecular formula is C19H19ClN2O2. The molecule has 0 atom stereocenters. The average molecular weight is 343 g/mol. The highest BCUT2D eigenvalue weighted by Crippen LogP contribution is 2.15. The van der Waals surface area contributed by atoms with Crippen molar-refractivity contribution >= 4 is 23.4 Å². The van der Waals surface area contributed by atoms with Crippen molar-refractivity contribution in [3.05, 3.63) is 70.2 Å². The zero-order valence-corrected chi connectivity index (χ0v) is 14.1. The Bertz CT molecular complexity index is 761. The third kappa shape index (κ3) is 4.15. The van der Waals surface area contributed by atoms with Gasteiger partial charge in [0.2, 0.25) is 5.91 Å². The van der Waals surface area contributed by atoms with E-state index in [1.165, 1.54) is 0 Å². The summed E-state index contributed by atoms with van der Waals surface area (Å²) in [4.78, 5) is 25.9. The molecule has 1 fully saturated rings. The number of halogens is 1. The standard InChI is InChI=1S/C19H19ClN2O2/c20-17-7-2-4-14(11-17)12-21-19(24)16-6-1-5-15(10-16)13-22-9-3-8-18(22)23/h1-2,4-7,10-11H,3,8-9,12-13H2,(H,21,24). The molecule has 2 amide bonds. The minimum atomic E-state index is -0.135. The Balaban J connectivity index is 1.62. The van der Waals surface area contributed by atoms with E-state index in [1.54, 1.807) is 12.1 Å². The normalized spacial score (nSPS) is 14.0. The first-order chi connectivity index (χ1) is 11.6. The first kappa shape index (κ1) is 16.5. The van der Waals surface area contributed by atoms with Gasteiger partial charge in [0.05, 0.1) is 0 Å². The lowest BCUT2D eigenvalue weighted by molar-refractivity contribution is -0.128. The second kappa shape index (κ2) is 7.49. The molecule has 0 unspecified atom stereocenters. The predicted octanol–water partition coefficient (Wildman–Crippen LogP) is 3.39. The highest BCUT2D eigenvalue weighted by molar-refractivity contribution is 6.30. The quantitative estimate of drug-likeness (QED) is 0.905. The number of nitrogens with one attached hydrogen (secondary N) is 1. The van der Waals surface area contributed by atoms with Gasteiger partial charge >= 0.3 is 0 Å². The van der Waals surface area contributed by atoms with Gasteiger partial charge in [-0.1, -0.05) is 35.9 Å². The molecule has 4 nitrogen and oxygen atoms in total. The molecule has 0 aliphatic carbocycles. The van der Waals surface area contributed by atoms with Crippen molar-refractivity contribution in [1.82, 2.24) is 10.2 Å². The van der Waals surface area contributed by atoms with E-state index in [2.05, 4.69) is 5.32 Å². The number of nitrogens with zero attached hydrogens (tertiary/aromatic N) is 1. The zero-order valence-electron chi connectivity index (χ0n) is 13.3. The molecule has 24 heavy (non-hydrogen) atoms. The van der Waals surface area contributed by atoms with E-state index < -0.39 is 0 Å². The van der Waals surface area contributed by atoms with E-state index in [0.717, 1.165) is 24.1 Å². The van der Waals surface area contributed by atoms with Gasteiger partial charge in [-0.25, -0.2) is 0 Å². The van der Waals surface area contributed by atoms with Gasteiger partial charge < -0.3 is 10.2 Å². The van der Waals surface area contributed by atoms with Crippen LogP contribution in [-0.4, -0.2) is 23.3 Å². The first-order valence-electron chi connectivity index (χ1n) is 8.01. The molecule has 0 radical (unpaired) electrons. The lowest BCUT2D eigenvalue weighted by Gasteiger charge is -2.16. The van der Waals surface area contributed by atoms with Crippen LogP contribution in [0.25, 0.3) is 0 Å². The molecule has 1 aliphatic rings. The van der Waals surface area contributed by atoms with Crippen molar-refractivity contribution in [3.63, 3.8) is 0 Å². The number of likely N-dealkylation sites (tertiary alicyclic amines) is 1. The van der Waals surface area contributed by atoms with Crippen molar-refractivity contribution in [2.45, 2.75) is 25.9 Å². The second-order valence-electron chi connectivity index (χ2n) is 5.93. The number of benzene rings is 2. The van der Waals surface area contributed by atoms with Crippen molar-refractivity contribution < 1.29 is 9.59 Å². The van der Waals surface area contributed by atoms with Crippen LogP contribution in [0.15, 0.2) is 48.5 Å². The molecule has 3 rings (SSSR count). The Morgan fingerprint density at radius 1 is 1.12 bits per heavy atom. The zero-order chi connectivity index (χ0) is 16.9. The molecule has 0 aromatic heterocycles. The van der Waals surface area contributed by atoms with Crippen LogP contribution in [0.5, 0.6) is 0 Å². The maximum Gasteiger partial charge on any atom is 0.251 e. The molecule has 2 aromatic carbocycles. The molecule has 0 spiro atoms. The van der Waals surface area contributed by atoms with Gasteiger partial charge in [-0.15, -0.1) is 0 Å². The lowest BCUT2D eigenvalue weighted by atomic mass is 10.1. The summed E-state index contributed by atoms with van der Waals surface area (Å²) in [6, 6.07) is 14.8. The summed E-state index contributed by atoms with van der Waals surface area (Å²) in [5, 5.41) is 3.55. The topological polar surface area (TPSA) is 49.4 Å². The van der Waals surface area contributed by atoms with Crippen molar-refractivity contribution in [2.75, 3.05) is 6.54 Å². The van der Waals surface area contributed by atoms with Crippen LogP contribution >= 0.6 is 11.6 Å². The fourth-order valence-electron chi connectivity index (χ4n) is 2.83. The fourth-order valence-corrected chi connectivity index (χ4v) is 3.05. The average Bonchev–Trinajstić information content (AvgIpc) is 2.98. The van der Waals surface area contributed by atoms with E-state index in [-0.39, 0.29) is 11.8 Å². The summed E-state index contributed by atoms with van der Waals surface area (Å²) < 4.78 is 0. The molecule has 0 bridgehead atoms. The van der Waals surface area contributed by atoms with E-state index in [1.807, 2.05) is 41.3 Å². The number of hydrogen-bond acceptors (Lipinski definition) is 2. The second-order valence-corrected chi connectivity index (χ2v) is 6.37. The number of rotatable bonds is 5. The third-order valence-electron chi connectivity index (χ3n) is 4.08. The Hall–Kier alpha value is -2.33. The van der Waals surface area contributed by atoms with Crippen LogP contribution < -0.4 is 5.32 Å². The Morgan fingerprint density at radius 2 is 1.92 bits per heavy atom. The summed E-state index contributed by atoms with van der Waals surface area (Å²) in [6.07, 6.45) is 1.54. The lowest BCUT2D eigenvalue weighted by Crippen LogP contribution is -2.25. The first-order valence-corrected chi connectivity index (χ1v) is 8.39. The molecule has 5 heteroatoms. The Labute approximate surface area is 146 Å². The van der Waals surface area contributed by atoms with E-state index in [0.29, 0.717) is 30.1 Å². The summed E-state index contributed by atoms with van der Waals surface area (Å²) in [6.45, 7) is 1.78. The Morgan fingerprint density at radius 3 is 2.67 bits per heavy atom. The summed E-state index contributed by atoms with van der Waals surface area (Å²) in [7, 11) is 0. The van der Waals surface area contributed by atoms with Crippen LogP contribution in [0.1, 0.15) is 34.3 Å². The molecule has 1 saturated heterocycles. The Kier molecular flexibility index (Phi) is 5.16. The molecule has 2 aromatic rings. The largest absolute Gasteiger partial charge is 0.348 e. The number of hydrogen-bond donors (Lipinski definition) is 1. The molecule has 1 aliphatic heterocycles. The van der Waals surface area contributed by atoms with Crippen LogP contribution in [0.4, 0.5) is 0 Å². The van der Waals surface area contributed by atoms with Crippen molar-refractivity contribution in [3.8, 4) is 0 Å². The van der Waals surface area contributed by atoms with Crippen LogP contribution in [-0.2, 0) is 17.9 Å². The smallest absolute Gasteiger partial charge is 0.251 e. The third-order valence-corrected chi connectivity index (χ3v) is 4.31. The fraction of sp³-hybridized carbons (Fsp3) is 0.263. The minimum Gasteiger partial charge on any atom is -0.348 e. The van der Waals surface area contributed by atoms with Crippen LogP contribution in [0.3, 0.4) is 0 Å². The molecule has 124 valence electrons. The van der Waals surface area contributed by atoms with Gasteiger partial charge in [0.25, 0.3) is 5.91 Å². The monoisotopic (exact) mass is 342 g/mol. The van der Waals surface area contributed by atoms with Crippen LogP contribution in [0, 0.1) is 0 Å². The number of amides is 2. The number of carbonyl (C=O) groups excluding carboxylic acids is 2. The van der Waals surface area contributed by atoms with Crippen molar-refractivity contribution in [2.24, 2.45) is 0 Å². The van der Waals surface area contributed by atoms with Gasteiger partial charge in [0.15, 0.2) is 0 Å². The van der Waals surface area contributed by atoms with E-state index >= 15 is 0 Å².